The van der Waals surface area contributed by atoms with Gasteiger partial charge in [0, 0.05) is 22.9 Å². The van der Waals surface area contributed by atoms with E-state index in [2.05, 4.69) is 66.5 Å². The SMILES string of the molecule is CCCCc1cc(-c2cccc3ccccc23)c2nc(-c3ccccc3/N=C/c3cc(F)ccc3O)sc2c1. The Kier molecular flexibility index (Phi) is 6.91. The Labute approximate surface area is 231 Å². The third-order valence-electron chi connectivity index (χ3n) is 6.92. The molecule has 0 aliphatic rings. The van der Waals surface area contributed by atoms with Crippen molar-refractivity contribution in [2.75, 3.05) is 0 Å². The lowest BCUT2D eigenvalue weighted by Gasteiger charge is -2.10. The van der Waals surface area contributed by atoms with Crippen molar-refractivity contribution in [3.05, 3.63) is 114 Å². The standard InChI is InChI=1S/C34H27FN2OS/c1-2-3-9-22-18-29(27-14-8-11-23-10-4-5-12-26(23)27)33-32(19-22)39-34(37-33)28-13-6-7-15-30(28)36-21-24-20-25(35)16-17-31(24)38/h4-8,10-21,38H,2-3,9H2,1H3/b36-21+. The molecule has 0 spiro atoms. The summed E-state index contributed by atoms with van der Waals surface area (Å²) in [6.45, 7) is 2.22. The van der Waals surface area contributed by atoms with Gasteiger partial charge >= 0.3 is 0 Å². The number of thiazole rings is 1. The maximum atomic E-state index is 13.7. The topological polar surface area (TPSA) is 45.5 Å². The summed E-state index contributed by atoms with van der Waals surface area (Å²) >= 11 is 1.66. The van der Waals surface area contributed by atoms with Gasteiger partial charge in [-0.2, -0.15) is 0 Å². The monoisotopic (exact) mass is 530 g/mol. The van der Waals surface area contributed by atoms with E-state index in [0.717, 1.165) is 45.6 Å². The van der Waals surface area contributed by atoms with Crippen LogP contribution in [0.4, 0.5) is 10.1 Å². The van der Waals surface area contributed by atoms with Crippen LogP contribution in [-0.2, 0) is 6.42 Å². The highest BCUT2D eigenvalue weighted by Crippen LogP contribution is 2.41. The van der Waals surface area contributed by atoms with Crippen LogP contribution in [0.2, 0.25) is 0 Å². The van der Waals surface area contributed by atoms with Gasteiger partial charge in [0.2, 0.25) is 0 Å². The smallest absolute Gasteiger partial charge is 0.126 e. The van der Waals surface area contributed by atoms with Crippen molar-refractivity contribution in [2.45, 2.75) is 26.2 Å². The zero-order valence-corrected chi connectivity index (χ0v) is 22.4. The molecule has 0 unspecified atom stereocenters. The van der Waals surface area contributed by atoms with Crippen molar-refractivity contribution in [3.8, 4) is 27.4 Å². The Morgan fingerprint density at radius 3 is 2.56 bits per heavy atom. The molecule has 0 fully saturated rings. The zero-order valence-electron chi connectivity index (χ0n) is 21.6. The van der Waals surface area contributed by atoms with E-state index in [9.17, 15) is 9.50 Å². The molecule has 5 aromatic carbocycles. The van der Waals surface area contributed by atoms with Crippen molar-refractivity contribution >= 4 is 44.2 Å². The van der Waals surface area contributed by atoms with Crippen molar-refractivity contribution < 1.29 is 9.50 Å². The van der Waals surface area contributed by atoms with Gasteiger partial charge in [-0.05, 0) is 77.2 Å². The van der Waals surface area contributed by atoms with Crippen LogP contribution in [-0.4, -0.2) is 16.3 Å². The van der Waals surface area contributed by atoms with Crippen molar-refractivity contribution in [1.82, 2.24) is 4.98 Å². The maximum Gasteiger partial charge on any atom is 0.126 e. The molecule has 0 bridgehead atoms. The molecule has 5 heteroatoms. The molecule has 0 saturated carbocycles. The number of phenolic OH excluding ortho intramolecular Hbond substituents is 1. The van der Waals surface area contributed by atoms with Gasteiger partial charge in [-0.1, -0.05) is 67.9 Å². The van der Waals surface area contributed by atoms with Crippen LogP contribution in [0.15, 0.2) is 102 Å². The van der Waals surface area contributed by atoms with E-state index in [0.29, 0.717) is 11.3 Å². The number of aromatic hydroxyl groups is 1. The number of halogens is 1. The number of hydrogen-bond acceptors (Lipinski definition) is 4. The minimum atomic E-state index is -0.423. The Morgan fingerprint density at radius 1 is 0.872 bits per heavy atom. The van der Waals surface area contributed by atoms with Crippen LogP contribution < -0.4 is 0 Å². The molecule has 1 aromatic heterocycles. The van der Waals surface area contributed by atoms with Crippen LogP contribution in [0.1, 0.15) is 30.9 Å². The molecule has 6 aromatic rings. The van der Waals surface area contributed by atoms with E-state index < -0.39 is 5.82 Å². The molecule has 192 valence electrons. The molecule has 0 amide bonds. The van der Waals surface area contributed by atoms with Crippen LogP contribution in [0.5, 0.6) is 5.75 Å². The van der Waals surface area contributed by atoms with E-state index in [1.165, 1.54) is 46.3 Å². The summed E-state index contributed by atoms with van der Waals surface area (Å²) < 4.78 is 14.9. The van der Waals surface area contributed by atoms with E-state index in [1.54, 1.807) is 11.3 Å². The fraction of sp³-hybridized carbons (Fsp3) is 0.118. The first-order valence-corrected chi connectivity index (χ1v) is 14.0. The number of aromatic nitrogens is 1. The van der Waals surface area contributed by atoms with Gasteiger partial charge < -0.3 is 5.11 Å². The lowest BCUT2D eigenvalue weighted by molar-refractivity contribution is 0.472. The number of hydrogen-bond donors (Lipinski definition) is 1. The molecule has 39 heavy (non-hydrogen) atoms. The van der Waals surface area contributed by atoms with Crippen LogP contribution in [0.25, 0.3) is 42.7 Å². The molecule has 6 rings (SSSR count). The molecule has 1 N–H and O–H groups in total. The highest BCUT2D eigenvalue weighted by Gasteiger charge is 2.16. The summed E-state index contributed by atoms with van der Waals surface area (Å²) in [7, 11) is 0. The Morgan fingerprint density at radius 2 is 1.67 bits per heavy atom. The minimum Gasteiger partial charge on any atom is -0.507 e. The number of aliphatic imine (C=N–C) groups is 1. The molecule has 0 radical (unpaired) electrons. The van der Waals surface area contributed by atoms with Crippen LogP contribution in [0, 0.1) is 5.82 Å². The zero-order chi connectivity index (χ0) is 26.8. The lowest BCUT2D eigenvalue weighted by Crippen LogP contribution is -1.89. The average Bonchev–Trinajstić information content (AvgIpc) is 3.40. The number of fused-ring (bicyclic) bond motifs is 2. The van der Waals surface area contributed by atoms with Gasteiger partial charge in [0.15, 0.2) is 0 Å². The van der Waals surface area contributed by atoms with Gasteiger partial charge in [0.25, 0.3) is 0 Å². The maximum absolute atomic E-state index is 13.7. The molecule has 0 aliphatic heterocycles. The van der Waals surface area contributed by atoms with Crippen LogP contribution >= 0.6 is 11.3 Å². The van der Waals surface area contributed by atoms with E-state index in [1.807, 2.05) is 24.3 Å². The second-order valence-corrected chi connectivity index (χ2v) is 10.6. The van der Waals surface area contributed by atoms with Crippen molar-refractivity contribution in [3.63, 3.8) is 0 Å². The Bertz CT molecular complexity index is 1830. The van der Waals surface area contributed by atoms with E-state index >= 15 is 0 Å². The van der Waals surface area contributed by atoms with Gasteiger partial charge in [0.1, 0.15) is 16.6 Å². The molecule has 0 saturated heterocycles. The number of rotatable bonds is 7. The highest BCUT2D eigenvalue weighted by molar-refractivity contribution is 7.21. The van der Waals surface area contributed by atoms with Crippen LogP contribution in [0.3, 0.4) is 0 Å². The highest BCUT2D eigenvalue weighted by atomic mass is 32.1. The Hall–Kier alpha value is -4.35. The predicted octanol–water partition coefficient (Wildman–Crippen LogP) is 9.72. The number of benzene rings is 5. The molecular weight excluding hydrogens is 503 g/mol. The van der Waals surface area contributed by atoms with Gasteiger partial charge in [-0.25, -0.2) is 9.37 Å². The first-order chi connectivity index (χ1) is 19.1. The number of para-hydroxylation sites is 1. The lowest BCUT2D eigenvalue weighted by atomic mass is 9.95. The number of aryl methyl sites for hydroxylation is 1. The third kappa shape index (κ3) is 5.06. The first-order valence-electron chi connectivity index (χ1n) is 13.1. The van der Waals surface area contributed by atoms with Crippen molar-refractivity contribution in [2.24, 2.45) is 4.99 Å². The number of unbranched alkanes of at least 4 members (excludes halogenated alkanes) is 1. The number of nitrogens with zero attached hydrogens (tertiary/aromatic N) is 2. The van der Waals surface area contributed by atoms with E-state index in [-0.39, 0.29) is 5.75 Å². The fourth-order valence-corrected chi connectivity index (χ4v) is 6.02. The second kappa shape index (κ2) is 10.8. The number of phenols is 1. The molecule has 0 aliphatic carbocycles. The van der Waals surface area contributed by atoms with Gasteiger partial charge in [-0.3, -0.25) is 4.99 Å². The largest absolute Gasteiger partial charge is 0.507 e. The summed E-state index contributed by atoms with van der Waals surface area (Å²) in [4.78, 5) is 9.79. The summed E-state index contributed by atoms with van der Waals surface area (Å²) in [6, 6.07) is 31.1. The third-order valence-corrected chi connectivity index (χ3v) is 7.96. The minimum absolute atomic E-state index is 0.0167. The molecule has 0 atom stereocenters. The predicted molar refractivity (Wildman–Crippen MR) is 162 cm³/mol. The Balaban J connectivity index is 1.50. The molecule has 1 heterocycles. The van der Waals surface area contributed by atoms with Gasteiger partial charge in [0.05, 0.1) is 15.9 Å². The summed E-state index contributed by atoms with van der Waals surface area (Å²) in [5.41, 5.74) is 6.55. The van der Waals surface area contributed by atoms with Gasteiger partial charge in [-0.15, -0.1) is 11.3 Å². The summed E-state index contributed by atoms with van der Waals surface area (Å²) in [5, 5.41) is 13.4. The fourth-order valence-electron chi connectivity index (χ4n) is 4.93. The molecule has 3 nitrogen and oxygen atoms in total. The average molecular weight is 531 g/mol. The second-order valence-electron chi connectivity index (χ2n) is 9.62. The quantitative estimate of drug-likeness (QED) is 0.209. The van der Waals surface area contributed by atoms with E-state index in [4.69, 9.17) is 4.98 Å². The molecular formula is C34H27FN2OS. The summed E-state index contributed by atoms with van der Waals surface area (Å²) in [5.74, 6) is -0.439. The first kappa shape index (κ1) is 25.0. The normalized spacial score (nSPS) is 11.6. The summed E-state index contributed by atoms with van der Waals surface area (Å²) in [6.07, 6.45) is 4.79. The van der Waals surface area contributed by atoms with Crippen molar-refractivity contribution in [1.29, 1.82) is 0 Å².